The maximum absolute atomic E-state index is 3.55. The molecule has 0 saturated heterocycles. The van der Waals surface area contributed by atoms with E-state index in [4.69, 9.17) is 0 Å². The standard InChI is InChI=1S/C11H11Br/c1-7-3-4-9-5-6-10(12)8(2)11(7)9/h3-7H,1-2H3. The predicted octanol–water partition coefficient (Wildman–Crippen LogP) is 3.89. The van der Waals surface area contributed by atoms with Gasteiger partial charge >= 0.3 is 0 Å². The minimum absolute atomic E-state index is 0.581. The van der Waals surface area contributed by atoms with Gasteiger partial charge in [-0.25, -0.2) is 0 Å². The van der Waals surface area contributed by atoms with Crippen molar-refractivity contribution in [3.63, 3.8) is 0 Å². The molecule has 1 atom stereocenters. The van der Waals surface area contributed by atoms with Gasteiger partial charge in [-0.1, -0.05) is 41.1 Å². The summed E-state index contributed by atoms with van der Waals surface area (Å²) in [4.78, 5) is 0. The van der Waals surface area contributed by atoms with Crippen LogP contribution in [0.5, 0.6) is 0 Å². The highest BCUT2D eigenvalue weighted by Crippen LogP contribution is 2.35. The van der Waals surface area contributed by atoms with E-state index < -0.39 is 0 Å². The molecule has 0 saturated carbocycles. The first-order valence-corrected chi connectivity index (χ1v) is 4.96. The van der Waals surface area contributed by atoms with Gasteiger partial charge in [-0.3, -0.25) is 0 Å². The Balaban J connectivity index is 2.68. The van der Waals surface area contributed by atoms with Gasteiger partial charge in [0.2, 0.25) is 0 Å². The van der Waals surface area contributed by atoms with Crippen molar-refractivity contribution in [2.24, 2.45) is 0 Å². The summed E-state index contributed by atoms with van der Waals surface area (Å²) in [5.74, 6) is 0.581. The van der Waals surface area contributed by atoms with Gasteiger partial charge < -0.3 is 0 Å². The van der Waals surface area contributed by atoms with E-state index in [2.05, 4.69) is 54.1 Å². The van der Waals surface area contributed by atoms with Gasteiger partial charge in [0.05, 0.1) is 0 Å². The molecule has 0 amide bonds. The fourth-order valence-corrected chi connectivity index (χ4v) is 2.16. The van der Waals surface area contributed by atoms with Gasteiger partial charge in [-0.05, 0) is 29.7 Å². The third-order valence-electron chi connectivity index (χ3n) is 2.50. The van der Waals surface area contributed by atoms with Crippen LogP contribution in [0.25, 0.3) is 6.08 Å². The summed E-state index contributed by atoms with van der Waals surface area (Å²) in [5, 5.41) is 0. The first-order valence-electron chi connectivity index (χ1n) is 4.17. The lowest BCUT2D eigenvalue weighted by Gasteiger charge is -2.10. The van der Waals surface area contributed by atoms with Crippen LogP contribution in [0.3, 0.4) is 0 Å². The van der Waals surface area contributed by atoms with Crippen LogP contribution in [0.15, 0.2) is 22.7 Å². The Kier molecular flexibility index (Phi) is 1.84. The van der Waals surface area contributed by atoms with Crippen LogP contribution in [0.1, 0.15) is 29.5 Å². The number of fused-ring (bicyclic) bond motifs is 1. The average Bonchev–Trinajstić information content (AvgIpc) is 2.41. The molecular formula is C11H11Br. The third kappa shape index (κ3) is 1.04. The molecule has 1 aliphatic rings. The van der Waals surface area contributed by atoms with Crippen molar-refractivity contribution >= 4 is 22.0 Å². The highest BCUT2D eigenvalue weighted by Gasteiger charge is 2.15. The Labute approximate surface area is 81.4 Å². The van der Waals surface area contributed by atoms with Crippen molar-refractivity contribution in [1.82, 2.24) is 0 Å². The maximum atomic E-state index is 3.55. The first kappa shape index (κ1) is 8.06. The van der Waals surface area contributed by atoms with Crippen molar-refractivity contribution in [1.29, 1.82) is 0 Å². The molecule has 0 bridgehead atoms. The lowest BCUT2D eigenvalue weighted by Crippen LogP contribution is -1.92. The fraction of sp³-hybridized carbons (Fsp3) is 0.273. The summed E-state index contributed by atoms with van der Waals surface area (Å²) in [6.07, 6.45) is 4.46. The molecular weight excluding hydrogens is 212 g/mol. The predicted molar refractivity (Wildman–Crippen MR) is 56.3 cm³/mol. The highest BCUT2D eigenvalue weighted by atomic mass is 79.9. The maximum Gasteiger partial charge on any atom is 0.0207 e. The highest BCUT2D eigenvalue weighted by molar-refractivity contribution is 9.10. The fourth-order valence-electron chi connectivity index (χ4n) is 1.82. The van der Waals surface area contributed by atoms with Crippen molar-refractivity contribution in [3.8, 4) is 0 Å². The molecule has 1 unspecified atom stereocenters. The molecule has 2 rings (SSSR count). The van der Waals surface area contributed by atoms with Gasteiger partial charge in [-0.2, -0.15) is 0 Å². The molecule has 0 aromatic heterocycles. The number of rotatable bonds is 0. The number of benzene rings is 1. The van der Waals surface area contributed by atoms with E-state index in [1.165, 1.54) is 21.2 Å². The summed E-state index contributed by atoms with van der Waals surface area (Å²) in [7, 11) is 0. The van der Waals surface area contributed by atoms with Crippen molar-refractivity contribution in [2.45, 2.75) is 19.8 Å². The zero-order valence-electron chi connectivity index (χ0n) is 7.26. The van der Waals surface area contributed by atoms with Gasteiger partial charge in [0, 0.05) is 10.4 Å². The second-order valence-corrected chi connectivity index (χ2v) is 4.18. The molecule has 0 aliphatic heterocycles. The number of hydrogen-bond acceptors (Lipinski definition) is 0. The van der Waals surface area contributed by atoms with Crippen molar-refractivity contribution in [3.05, 3.63) is 39.4 Å². The van der Waals surface area contributed by atoms with E-state index in [1.807, 2.05) is 0 Å². The third-order valence-corrected chi connectivity index (χ3v) is 3.36. The molecule has 0 fully saturated rings. The van der Waals surface area contributed by atoms with Crippen LogP contribution < -0.4 is 0 Å². The lowest BCUT2D eigenvalue weighted by molar-refractivity contribution is 0.971. The van der Waals surface area contributed by atoms with E-state index in [0.29, 0.717) is 5.92 Å². The van der Waals surface area contributed by atoms with Gasteiger partial charge in [-0.15, -0.1) is 0 Å². The monoisotopic (exact) mass is 222 g/mol. The molecule has 1 aliphatic carbocycles. The number of allylic oxidation sites excluding steroid dienone is 1. The zero-order chi connectivity index (χ0) is 8.72. The normalized spacial score (nSPS) is 19.8. The Morgan fingerprint density at radius 1 is 1.33 bits per heavy atom. The topological polar surface area (TPSA) is 0 Å². The summed E-state index contributed by atoms with van der Waals surface area (Å²) in [6.45, 7) is 4.41. The zero-order valence-corrected chi connectivity index (χ0v) is 8.85. The summed E-state index contributed by atoms with van der Waals surface area (Å²) < 4.78 is 1.22. The summed E-state index contributed by atoms with van der Waals surface area (Å²) >= 11 is 3.55. The Hall–Kier alpha value is -0.560. The second kappa shape index (κ2) is 2.74. The molecule has 0 radical (unpaired) electrons. The van der Waals surface area contributed by atoms with Crippen LogP contribution in [0.2, 0.25) is 0 Å². The van der Waals surface area contributed by atoms with E-state index in [0.717, 1.165) is 0 Å². The summed E-state index contributed by atoms with van der Waals surface area (Å²) in [5.41, 5.74) is 4.23. The second-order valence-electron chi connectivity index (χ2n) is 3.32. The van der Waals surface area contributed by atoms with Crippen LogP contribution in [0.4, 0.5) is 0 Å². The lowest BCUT2D eigenvalue weighted by atomic mass is 9.97. The smallest absolute Gasteiger partial charge is 0.0207 e. The van der Waals surface area contributed by atoms with Crippen molar-refractivity contribution < 1.29 is 0 Å². The Morgan fingerprint density at radius 3 is 2.83 bits per heavy atom. The number of halogens is 1. The SMILES string of the molecule is Cc1c(Br)ccc2c1C(C)C=C2. The van der Waals surface area contributed by atoms with E-state index >= 15 is 0 Å². The Bertz CT molecular complexity index is 350. The molecule has 12 heavy (non-hydrogen) atoms. The molecule has 1 aromatic carbocycles. The van der Waals surface area contributed by atoms with Crippen LogP contribution in [-0.2, 0) is 0 Å². The molecule has 62 valence electrons. The average molecular weight is 223 g/mol. The van der Waals surface area contributed by atoms with Crippen molar-refractivity contribution in [2.75, 3.05) is 0 Å². The molecule has 1 aromatic rings. The van der Waals surface area contributed by atoms with E-state index in [9.17, 15) is 0 Å². The largest absolute Gasteiger partial charge is 0.0766 e. The molecule has 0 spiro atoms. The first-order chi connectivity index (χ1) is 5.70. The molecule has 1 heteroatoms. The van der Waals surface area contributed by atoms with E-state index in [-0.39, 0.29) is 0 Å². The van der Waals surface area contributed by atoms with Gasteiger partial charge in [0.15, 0.2) is 0 Å². The van der Waals surface area contributed by atoms with Gasteiger partial charge in [0.1, 0.15) is 0 Å². The molecule has 0 heterocycles. The van der Waals surface area contributed by atoms with Crippen LogP contribution in [-0.4, -0.2) is 0 Å². The minimum atomic E-state index is 0.581. The summed E-state index contributed by atoms with van der Waals surface area (Å²) in [6, 6.07) is 4.29. The Morgan fingerprint density at radius 2 is 2.08 bits per heavy atom. The number of hydrogen-bond donors (Lipinski definition) is 0. The molecule has 0 nitrogen and oxygen atoms in total. The van der Waals surface area contributed by atoms with Crippen LogP contribution >= 0.6 is 15.9 Å². The van der Waals surface area contributed by atoms with Crippen LogP contribution in [0, 0.1) is 6.92 Å². The minimum Gasteiger partial charge on any atom is -0.0766 e. The quantitative estimate of drug-likeness (QED) is 0.625. The molecule has 0 N–H and O–H groups in total. The van der Waals surface area contributed by atoms with E-state index in [1.54, 1.807) is 0 Å². The van der Waals surface area contributed by atoms with Gasteiger partial charge in [0.25, 0.3) is 0 Å².